The van der Waals surface area contributed by atoms with Gasteiger partial charge in [-0.2, -0.15) is 0 Å². The molecule has 30 heavy (non-hydrogen) atoms. The van der Waals surface area contributed by atoms with E-state index in [1.807, 2.05) is 17.5 Å². The first kappa shape index (κ1) is 22.1. The molecule has 1 heterocycles. The number of ether oxygens (including phenoxy) is 3. The number of esters is 1. The van der Waals surface area contributed by atoms with Crippen molar-refractivity contribution < 1.29 is 23.8 Å². The van der Waals surface area contributed by atoms with Crippen LogP contribution >= 0.6 is 11.3 Å². The number of anilines is 1. The van der Waals surface area contributed by atoms with Crippen LogP contribution in [0.5, 0.6) is 11.5 Å². The number of carbonyl (C=O) groups is 2. The largest absolute Gasteiger partial charge is 0.493 e. The standard InChI is InChI=1S/C22H28N2O5S/c1-16(29-20(25)12-14-28-19-11-7-6-10-18(19)27-2)21(26)24(22-23-13-15-30-22)17-8-4-3-5-9-17/h6-7,10-11,13,15-17H,3-5,8-9,12,14H2,1-2H3. The zero-order valence-electron chi connectivity index (χ0n) is 17.4. The zero-order valence-corrected chi connectivity index (χ0v) is 18.2. The molecule has 1 aliphatic carbocycles. The third-order valence-electron chi connectivity index (χ3n) is 5.09. The summed E-state index contributed by atoms with van der Waals surface area (Å²) >= 11 is 1.43. The fraction of sp³-hybridized carbons (Fsp3) is 0.500. The fourth-order valence-electron chi connectivity index (χ4n) is 3.59. The second-order valence-corrected chi connectivity index (χ2v) is 8.07. The Labute approximate surface area is 181 Å². The molecule has 0 saturated heterocycles. The van der Waals surface area contributed by atoms with Crippen LogP contribution in [0, 0.1) is 0 Å². The molecule has 7 nitrogen and oxygen atoms in total. The van der Waals surface area contributed by atoms with Crippen LogP contribution in [0.4, 0.5) is 5.13 Å². The Morgan fingerprint density at radius 2 is 1.93 bits per heavy atom. The first-order valence-electron chi connectivity index (χ1n) is 10.3. The van der Waals surface area contributed by atoms with E-state index >= 15 is 0 Å². The lowest BCUT2D eigenvalue weighted by Gasteiger charge is -2.33. The number of carbonyl (C=O) groups excluding carboxylic acids is 2. The van der Waals surface area contributed by atoms with E-state index in [2.05, 4.69) is 4.98 Å². The molecule has 1 aliphatic rings. The number of aromatic nitrogens is 1. The summed E-state index contributed by atoms with van der Waals surface area (Å²) in [5.74, 6) is 0.453. The summed E-state index contributed by atoms with van der Waals surface area (Å²) in [6.07, 6.45) is 6.10. The minimum atomic E-state index is -0.880. The molecule has 1 saturated carbocycles. The molecule has 1 fully saturated rings. The number of methoxy groups -OCH3 is 1. The van der Waals surface area contributed by atoms with Gasteiger partial charge in [0.25, 0.3) is 5.91 Å². The van der Waals surface area contributed by atoms with Crippen LogP contribution in [0.15, 0.2) is 35.8 Å². The van der Waals surface area contributed by atoms with Gasteiger partial charge in [-0.05, 0) is 31.9 Å². The maximum atomic E-state index is 13.1. The number of rotatable bonds is 9. The van der Waals surface area contributed by atoms with E-state index in [4.69, 9.17) is 14.2 Å². The van der Waals surface area contributed by atoms with Crippen molar-refractivity contribution in [3.05, 3.63) is 35.8 Å². The third kappa shape index (κ3) is 5.72. The van der Waals surface area contributed by atoms with Crippen molar-refractivity contribution in [3.63, 3.8) is 0 Å². The number of benzene rings is 1. The van der Waals surface area contributed by atoms with Crippen molar-refractivity contribution in [3.8, 4) is 11.5 Å². The van der Waals surface area contributed by atoms with Gasteiger partial charge in [-0.3, -0.25) is 14.5 Å². The molecule has 0 spiro atoms. The number of hydrogen-bond donors (Lipinski definition) is 0. The van der Waals surface area contributed by atoms with Gasteiger partial charge in [-0.25, -0.2) is 4.98 Å². The molecule has 3 rings (SSSR count). The summed E-state index contributed by atoms with van der Waals surface area (Å²) in [4.78, 5) is 31.4. The molecule has 1 aromatic heterocycles. The molecule has 162 valence electrons. The van der Waals surface area contributed by atoms with Gasteiger partial charge >= 0.3 is 5.97 Å². The lowest BCUT2D eigenvalue weighted by molar-refractivity contribution is -0.154. The normalized spacial score (nSPS) is 15.3. The third-order valence-corrected chi connectivity index (χ3v) is 5.86. The minimum absolute atomic E-state index is 0.0380. The van der Waals surface area contributed by atoms with Crippen LogP contribution < -0.4 is 14.4 Å². The van der Waals surface area contributed by atoms with Gasteiger partial charge in [-0.15, -0.1) is 11.3 Å². The van der Waals surface area contributed by atoms with Crippen LogP contribution in [-0.2, 0) is 14.3 Å². The first-order valence-corrected chi connectivity index (χ1v) is 11.2. The number of nitrogens with zero attached hydrogens (tertiary/aromatic N) is 2. The van der Waals surface area contributed by atoms with Gasteiger partial charge in [-0.1, -0.05) is 31.4 Å². The molecular weight excluding hydrogens is 404 g/mol. The summed E-state index contributed by atoms with van der Waals surface area (Å²) in [5, 5.41) is 2.51. The maximum Gasteiger partial charge on any atom is 0.310 e. The Bertz CT molecular complexity index is 821. The fourth-order valence-corrected chi connectivity index (χ4v) is 4.31. The predicted molar refractivity (Wildman–Crippen MR) is 115 cm³/mol. The molecular formula is C22H28N2O5S. The Morgan fingerprint density at radius 1 is 1.20 bits per heavy atom. The summed E-state index contributed by atoms with van der Waals surface area (Å²) in [6.45, 7) is 1.75. The Kier molecular flexibility index (Phi) is 8.07. The van der Waals surface area contributed by atoms with Crippen LogP contribution in [0.3, 0.4) is 0 Å². The summed E-state index contributed by atoms with van der Waals surface area (Å²) in [6, 6.07) is 7.33. The van der Waals surface area contributed by atoms with E-state index in [-0.39, 0.29) is 25.0 Å². The minimum Gasteiger partial charge on any atom is -0.493 e. The predicted octanol–water partition coefficient (Wildman–Crippen LogP) is 4.22. The van der Waals surface area contributed by atoms with Gasteiger partial charge in [0.15, 0.2) is 22.7 Å². The highest BCUT2D eigenvalue weighted by atomic mass is 32.1. The molecule has 0 aliphatic heterocycles. The molecule has 0 bridgehead atoms. The molecule has 1 atom stereocenters. The molecule has 2 aromatic rings. The maximum absolute atomic E-state index is 13.1. The smallest absolute Gasteiger partial charge is 0.310 e. The Hall–Kier alpha value is -2.61. The Morgan fingerprint density at radius 3 is 2.60 bits per heavy atom. The summed E-state index contributed by atoms with van der Waals surface area (Å²) in [5.41, 5.74) is 0. The quantitative estimate of drug-likeness (QED) is 0.552. The van der Waals surface area contributed by atoms with Gasteiger partial charge in [0.2, 0.25) is 0 Å². The van der Waals surface area contributed by atoms with Crippen molar-refractivity contribution >= 4 is 28.3 Å². The average Bonchev–Trinajstić information content (AvgIpc) is 3.29. The first-order chi connectivity index (χ1) is 14.6. The average molecular weight is 433 g/mol. The second kappa shape index (κ2) is 11.0. The molecule has 1 amide bonds. The lowest BCUT2D eigenvalue weighted by atomic mass is 9.94. The SMILES string of the molecule is COc1ccccc1OCCC(=O)OC(C)C(=O)N(c1nccs1)C1CCCCC1. The number of thiazole rings is 1. The number of hydrogen-bond acceptors (Lipinski definition) is 7. The zero-order chi connectivity index (χ0) is 21.3. The van der Waals surface area contributed by atoms with Gasteiger partial charge in [0.05, 0.1) is 20.1 Å². The summed E-state index contributed by atoms with van der Waals surface area (Å²) in [7, 11) is 1.56. The van der Waals surface area contributed by atoms with Crippen molar-refractivity contribution in [1.82, 2.24) is 4.98 Å². The van der Waals surface area contributed by atoms with E-state index in [1.54, 1.807) is 37.3 Å². The van der Waals surface area contributed by atoms with E-state index in [0.717, 1.165) is 25.7 Å². The highest BCUT2D eigenvalue weighted by molar-refractivity contribution is 7.13. The van der Waals surface area contributed by atoms with Crippen LogP contribution in [0.2, 0.25) is 0 Å². The van der Waals surface area contributed by atoms with Crippen molar-refractivity contribution in [2.75, 3.05) is 18.6 Å². The van der Waals surface area contributed by atoms with Gasteiger partial charge in [0.1, 0.15) is 0 Å². The molecule has 0 N–H and O–H groups in total. The van der Waals surface area contributed by atoms with Crippen LogP contribution in [0.25, 0.3) is 0 Å². The Balaban J connectivity index is 1.54. The van der Waals surface area contributed by atoms with Crippen molar-refractivity contribution in [1.29, 1.82) is 0 Å². The van der Waals surface area contributed by atoms with E-state index < -0.39 is 12.1 Å². The van der Waals surface area contributed by atoms with Crippen LogP contribution in [-0.4, -0.2) is 42.7 Å². The van der Waals surface area contributed by atoms with Crippen LogP contribution in [0.1, 0.15) is 45.4 Å². The molecule has 1 aromatic carbocycles. The monoisotopic (exact) mass is 432 g/mol. The van der Waals surface area contributed by atoms with Crippen molar-refractivity contribution in [2.45, 2.75) is 57.6 Å². The summed E-state index contributed by atoms with van der Waals surface area (Å²) < 4.78 is 16.2. The molecule has 8 heteroatoms. The lowest BCUT2D eigenvalue weighted by Crippen LogP contribution is -2.47. The van der Waals surface area contributed by atoms with Crippen molar-refractivity contribution in [2.24, 2.45) is 0 Å². The molecule has 0 radical (unpaired) electrons. The highest BCUT2D eigenvalue weighted by Gasteiger charge is 2.33. The van der Waals surface area contributed by atoms with E-state index in [0.29, 0.717) is 16.6 Å². The van der Waals surface area contributed by atoms with E-state index in [9.17, 15) is 9.59 Å². The topological polar surface area (TPSA) is 78.0 Å². The highest BCUT2D eigenvalue weighted by Crippen LogP contribution is 2.30. The number of para-hydroxylation sites is 2. The van der Waals surface area contributed by atoms with Gasteiger partial charge in [0, 0.05) is 17.6 Å². The van der Waals surface area contributed by atoms with E-state index in [1.165, 1.54) is 17.8 Å². The number of amides is 1. The van der Waals surface area contributed by atoms with Gasteiger partial charge < -0.3 is 14.2 Å². The molecule has 1 unspecified atom stereocenters. The second-order valence-electron chi connectivity index (χ2n) is 7.20.